The smallest absolute Gasteiger partial charge is 0.344 e. The van der Waals surface area contributed by atoms with Crippen LogP contribution >= 0.6 is 0 Å². The second-order valence-electron chi connectivity index (χ2n) is 4.44. The third-order valence-electron chi connectivity index (χ3n) is 2.92. The van der Waals surface area contributed by atoms with Crippen LogP contribution in [-0.2, 0) is 11.3 Å². The summed E-state index contributed by atoms with van der Waals surface area (Å²) in [5, 5.41) is 7.76. The Bertz CT molecular complexity index is 622. The van der Waals surface area contributed by atoms with E-state index >= 15 is 0 Å². The van der Waals surface area contributed by atoms with E-state index < -0.39 is 5.97 Å². The van der Waals surface area contributed by atoms with Crippen molar-refractivity contribution in [2.75, 3.05) is 7.11 Å². The molecule has 104 valence electrons. The number of hydrogen-bond acceptors (Lipinski definition) is 7. The molecule has 20 heavy (non-hydrogen) atoms. The fourth-order valence-corrected chi connectivity index (χ4v) is 1.73. The molecule has 0 saturated heterocycles. The van der Waals surface area contributed by atoms with Crippen molar-refractivity contribution < 1.29 is 18.7 Å². The van der Waals surface area contributed by atoms with Crippen molar-refractivity contribution in [1.82, 2.24) is 15.2 Å². The molecule has 0 atom stereocenters. The largest absolute Gasteiger partial charge is 0.480 e. The zero-order chi connectivity index (χ0) is 13.9. The lowest BCUT2D eigenvalue weighted by atomic mass is 10.3. The summed E-state index contributed by atoms with van der Waals surface area (Å²) in [7, 11) is 1.44. The molecular formula is C13H13N3O4. The Morgan fingerprint density at radius 1 is 1.45 bits per heavy atom. The number of carbonyl (C=O) groups is 1. The summed E-state index contributed by atoms with van der Waals surface area (Å²) in [5.41, 5.74) is 0.261. The molecule has 2 heterocycles. The summed E-state index contributed by atoms with van der Waals surface area (Å²) in [5.74, 6) is 0.978. The van der Waals surface area contributed by atoms with Gasteiger partial charge in [0.15, 0.2) is 6.61 Å². The molecule has 1 aliphatic rings. The molecule has 1 saturated carbocycles. The predicted octanol–water partition coefficient (Wildman–Crippen LogP) is 1.71. The Morgan fingerprint density at radius 3 is 3.05 bits per heavy atom. The van der Waals surface area contributed by atoms with Gasteiger partial charge in [0, 0.05) is 12.1 Å². The van der Waals surface area contributed by atoms with E-state index in [-0.39, 0.29) is 18.1 Å². The number of carbonyl (C=O) groups excluding carboxylic acids is 1. The molecule has 1 fully saturated rings. The molecule has 0 bridgehead atoms. The Kier molecular flexibility index (Phi) is 3.32. The number of ether oxygens (including phenoxy) is 2. The minimum Gasteiger partial charge on any atom is -0.480 e. The van der Waals surface area contributed by atoms with Crippen LogP contribution in [0, 0.1) is 0 Å². The number of nitrogens with zero attached hydrogens (tertiary/aromatic N) is 3. The molecule has 0 aromatic carbocycles. The lowest BCUT2D eigenvalue weighted by Crippen LogP contribution is -2.08. The Hall–Kier alpha value is -2.44. The van der Waals surface area contributed by atoms with Crippen LogP contribution in [0.3, 0.4) is 0 Å². The van der Waals surface area contributed by atoms with E-state index in [4.69, 9.17) is 13.9 Å². The first-order valence-electron chi connectivity index (χ1n) is 6.26. The van der Waals surface area contributed by atoms with Gasteiger partial charge in [-0.05, 0) is 25.0 Å². The number of pyridine rings is 1. The van der Waals surface area contributed by atoms with Gasteiger partial charge in [-0.2, -0.15) is 0 Å². The summed E-state index contributed by atoms with van der Waals surface area (Å²) >= 11 is 0. The van der Waals surface area contributed by atoms with E-state index in [0.29, 0.717) is 17.7 Å². The highest BCUT2D eigenvalue weighted by Gasteiger charge is 2.29. The summed E-state index contributed by atoms with van der Waals surface area (Å²) in [6, 6.07) is 3.22. The summed E-state index contributed by atoms with van der Waals surface area (Å²) < 4.78 is 15.5. The van der Waals surface area contributed by atoms with Gasteiger partial charge in [0.1, 0.15) is 5.56 Å². The molecule has 1 aliphatic carbocycles. The van der Waals surface area contributed by atoms with Crippen molar-refractivity contribution in [1.29, 1.82) is 0 Å². The SMILES string of the molecule is COc1ncccc1C(=O)OCc1nnc(C2CC2)o1. The van der Waals surface area contributed by atoms with Gasteiger partial charge >= 0.3 is 5.97 Å². The minimum absolute atomic E-state index is 0.0589. The maximum Gasteiger partial charge on any atom is 0.344 e. The van der Waals surface area contributed by atoms with Crippen LogP contribution in [0.25, 0.3) is 0 Å². The number of esters is 1. The third-order valence-corrected chi connectivity index (χ3v) is 2.92. The van der Waals surface area contributed by atoms with Gasteiger partial charge in [0.05, 0.1) is 7.11 Å². The lowest BCUT2D eigenvalue weighted by molar-refractivity contribution is 0.0432. The number of rotatable bonds is 5. The summed E-state index contributed by atoms with van der Waals surface area (Å²) in [6.07, 6.45) is 3.69. The second kappa shape index (κ2) is 5.28. The van der Waals surface area contributed by atoms with Crippen LogP contribution in [0.1, 0.15) is 40.9 Å². The quantitative estimate of drug-likeness (QED) is 0.767. The molecule has 2 aromatic heterocycles. The van der Waals surface area contributed by atoms with Gasteiger partial charge in [-0.1, -0.05) is 0 Å². The number of aromatic nitrogens is 3. The van der Waals surface area contributed by atoms with E-state index in [9.17, 15) is 4.79 Å². The molecule has 0 aliphatic heterocycles. The lowest BCUT2D eigenvalue weighted by Gasteiger charge is -2.05. The van der Waals surface area contributed by atoms with Crippen molar-refractivity contribution in [2.45, 2.75) is 25.4 Å². The van der Waals surface area contributed by atoms with Crippen LogP contribution in [0.5, 0.6) is 5.88 Å². The van der Waals surface area contributed by atoms with Crippen molar-refractivity contribution in [3.63, 3.8) is 0 Å². The molecule has 0 N–H and O–H groups in total. The molecule has 2 aromatic rings. The first kappa shape index (κ1) is 12.6. The molecule has 7 heteroatoms. The average molecular weight is 275 g/mol. The van der Waals surface area contributed by atoms with E-state index in [0.717, 1.165) is 12.8 Å². The Balaban J connectivity index is 1.63. The van der Waals surface area contributed by atoms with Crippen LogP contribution in [0.15, 0.2) is 22.7 Å². The van der Waals surface area contributed by atoms with E-state index in [1.165, 1.54) is 13.3 Å². The van der Waals surface area contributed by atoms with Gasteiger partial charge in [0.25, 0.3) is 5.89 Å². The summed E-state index contributed by atoms with van der Waals surface area (Å²) in [6.45, 7) is -0.0589. The molecular weight excluding hydrogens is 262 g/mol. The first-order valence-corrected chi connectivity index (χ1v) is 6.26. The van der Waals surface area contributed by atoms with Crippen LogP contribution in [0.4, 0.5) is 0 Å². The number of methoxy groups -OCH3 is 1. The van der Waals surface area contributed by atoms with Gasteiger partial charge in [0.2, 0.25) is 11.8 Å². The second-order valence-corrected chi connectivity index (χ2v) is 4.44. The molecule has 3 rings (SSSR count). The van der Waals surface area contributed by atoms with Gasteiger partial charge in [-0.15, -0.1) is 10.2 Å². The zero-order valence-electron chi connectivity index (χ0n) is 10.9. The summed E-state index contributed by atoms with van der Waals surface area (Å²) in [4.78, 5) is 15.9. The highest BCUT2D eigenvalue weighted by molar-refractivity contribution is 5.91. The average Bonchev–Trinajstić information content (AvgIpc) is 3.23. The molecule has 0 radical (unpaired) electrons. The third kappa shape index (κ3) is 2.61. The zero-order valence-corrected chi connectivity index (χ0v) is 10.9. The predicted molar refractivity (Wildman–Crippen MR) is 66.2 cm³/mol. The van der Waals surface area contributed by atoms with Crippen molar-refractivity contribution in [2.24, 2.45) is 0 Å². The van der Waals surface area contributed by atoms with Crippen LogP contribution in [0.2, 0.25) is 0 Å². The fourth-order valence-electron chi connectivity index (χ4n) is 1.73. The van der Waals surface area contributed by atoms with Gasteiger partial charge < -0.3 is 13.9 Å². The topological polar surface area (TPSA) is 87.3 Å². The van der Waals surface area contributed by atoms with E-state index in [1.807, 2.05) is 0 Å². The fraction of sp³-hybridized carbons (Fsp3) is 0.385. The highest BCUT2D eigenvalue weighted by atomic mass is 16.5. The van der Waals surface area contributed by atoms with Crippen LogP contribution < -0.4 is 4.74 Å². The molecule has 0 unspecified atom stereocenters. The first-order chi connectivity index (χ1) is 9.78. The monoisotopic (exact) mass is 275 g/mol. The van der Waals surface area contributed by atoms with Gasteiger partial charge in [-0.3, -0.25) is 0 Å². The van der Waals surface area contributed by atoms with Crippen LogP contribution in [-0.4, -0.2) is 28.3 Å². The standard InChI is InChI=1S/C13H13N3O4/c1-18-12-9(3-2-6-14-12)13(17)19-7-10-15-16-11(20-10)8-4-5-8/h2-3,6,8H,4-5,7H2,1H3. The highest BCUT2D eigenvalue weighted by Crippen LogP contribution is 2.39. The molecule has 0 amide bonds. The Labute approximate surface area is 114 Å². The minimum atomic E-state index is -0.541. The maximum atomic E-state index is 11.9. The van der Waals surface area contributed by atoms with Crippen molar-refractivity contribution >= 4 is 5.97 Å². The van der Waals surface area contributed by atoms with Crippen molar-refractivity contribution in [3.8, 4) is 5.88 Å². The maximum absolute atomic E-state index is 11.9. The van der Waals surface area contributed by atoms with Gasteiger partial charge in [-0.25, -0.2) is 9.78 Å². The number of hydrogen-bond donors (Lipinski definition) is 0. The molecule has 7 nitrogen and oxygen atoms in total. The Morgan fingerprint density at radius 2 is 2.30 bits per heavy atom. The normalized spacial score (nSPS) is 14.1. The van der Waals surface area contributed by atoms with Crippen molar-refractivity contribution in [3.05, 3.63) is 35.7 Å². The van der Waals surface area contributed by atoms with E-state index in [2.05, 4.69) is 15.2 Å². The van der Waals surface area contributed by atoms with E-state index in [1.54, 1.807) is 12.1 Å². The molecule has 0 spiro atoms.